The van der Waals surface area contributed by atoms with E-state index in [0.29, 0.717) is 5.56 Å². The number of aryl methyl sites for hydroxylation is 2. The molecular weight excluding hydrogens is 289 g/mol. The molecule has 1 aromatic carbocycles. The van der Waals surface area contributed by atoms with Crippen LogP contribution in [0.1, 0.15) is 32.5 Å². The highest BCUT2D eigenvalue weighted by Crippen LogP contribution is 2.36. The molecule has 20 heavy (non-hydrogen) atoms. The summed E-state index contributed by atoms with van der Waals surface area (Å²) < 4.78 is 13.8. The molecule has 0 fully saturated rings. The maximum absolute atomic E-state index is 13.8. The molecule has 1 N–H and O–H groups in total. The van der Waals surface area contributed by atoms with Gasteiger partial charge < -0.3 is 5.32 Å². The number of thiophene rings is 1. The van der Waals surface area contributed by atoms with Crippen LogP contribution in [0, 0.1) is 12.7 Å². The van der Waals surface area contributed by atoms with Gasteiger partial charge in [-0.25, -0.2) is 4.39 Å². The first-order valence-electron chi connectivity index (χ1n) is 6.81. The Balaban J connectivity index is 1.96. The number of fused-ring (bicyclic) bond motifs is 1. The lowest BCUT2D eigenvalue weighted by Crippen LogP contribution is -2.16. The van der Waals surface area contributed by atoms with Gasteiger partial charge in [-0.15, -0.1) is 11.3 Å². The average molecular weight is 307 g/mol. The van der Waals surface area contributed by atoms with E-state index >= 15 is 0 Å². The quantitative estimate of drug-likeness (QED) is 0.907. The Kier molecular flexibility index (Phi) is 4.15. The van der Waals surface area contributed by atoms with E-state index in [1.165, 1.54) is 27.5 Å². The summed E-state index contributed by atoms with van der Waals surface area (Å²) in [5.41, 5.74) is 3.17. The van der Waals surface area contributed by atoms with Crippen LogP contribution in [0.5, 0.6) is 0 Å². The van der Waals surface area contributed by atoms with Crippen molar-refractivity contribution < 1.29 is 4.39 Å². The lowest BCUT2D eigenvalue weighted by molar-refractivity contribution is 0.609. The molecule has 1 aliphatic rings. The minimum absolute atomic E-state index is 0.0886. The van der Waals surface area contributed by atoms with E-state index < -0.39 is 0 Å². The van der Waals surface area contributed by atoms with Gasteiger partial charge >= 0.3 is 0 Å². The zero-order chi connectivity index (χ0) is 14.1. The van der Waals surface area contributed by atoms with Gasteiger partial charge in [-0.3, -0.25) is 0 Å². The molecule has 1 nitrogen and oxygen atoms in total. The van der Waals surface area contributed by atoms with Crippen molar-refractivity contribution in [2.75, 3.05) is 12.8 Å². The summed E-state index contributed by atoms with van der Waals surface area (Å²) in [6.45, 7) is 1.80. The van der Waals surface area contributed by atoms with Crippen LogP contribution in [0.2, 0.25) is 0 Å². The molecule has 0 aliphatic carbocycles. The van der Waals surface area contributed by atoms with Crippen molar-refractivity contribution in [1.82, 2.24) is 5.32 Å². The first-order chi connectivity index (χ1) is 9.69. The normalized spacial score (nSPS) is 15.9. The van der Waals surface area contributed by atoms with Crippen LogP contribution >= 0.6 is 23.1 Å². The van der Waals surface area contributed by atoms with Crippen LogP contribution < -0.4 is 5.32 Å². The summed E-state index contributed by atoms with van der Waals surface area (Å²) in [6.07, 6.45) is 1.17. The van der Waals surface area contributed by atoms with Crippen molar-refractivity contribution in [2.45, 2.75) is 25.1 Å². The molecule has 0 saturated heterocycles. The Labute approximate surface area is 127 Å². The molecule has 1 aliphatic heterocycles. The van der Waals surface area contributed by atoms with E-state index in [0.717, 1.165) is 11.3 Å². The third-order valence-electron chi connectivity index (χ3n) is 3.75. The maximum atomic E-state index is 13.8. The van der Waals surface area contributed by atoms with Crippen LogP contribution in [0.25, 0.3) is 0 Å². The van der Waals surface area contributed by atoms with Gasteiger partial charge in [0.1, 0.15) is 5.82 Å². The summed E-state index contributed by atoms with van der Waals surface area (Å²) in [7, 11) is 1.94. The van der Waals surface area contributed by atoms with Crippen LogP contribution in [0.4, 0.5) is 4.39 Å². The van der Waals surface area contributed by atoms with Gasteiger partial charge in [0, 0.05) is 15.5 Å². The zero-order valence-electron chi connectivity index (χ0n) is 11.7. The minimum atomic E-state index is -0.125. The van der Waals surface area contributed by atoms with E-state index in [2.05, 4.69) is 11.4 Å². The summed E-state index contributed by atoms with van der Waals surface area (Å²) in [5, 5.41) is 3.33. The summed E-state index contributed by atoms with van der Waals surface area (Å²) in [6, 6.07) is 7.92. The van der Waals surface area contributed by atoms with Crippen molar-refractivity contribution in [3.05, 3.63) is 56.5 Å². The second-order valence-electron chi connectivity index (χ2n) is 5.13. The molecule has 4 heteroatoms. The predicted octanol–water partition coefficient (Wildman–Crippen LogP) is 4.29. The highest BCUT2D eigenvalue weighted by atomic mass is 32.2. The van der Waals surface area contributed by atoms with Crippen molar-refractivity contribution in [2.24, 2.45) is 0 Å². The zero-order valence-corrected chi connectivity index (χ0v) is 13.3. The average Bonchev–Trinajstić information content (AvgIpc) is 2.87. The third kappa shape index (κ3) is 2.65. The largest absolute Gasteiger partial charge is 0.309 e. The smallest absolute Gasteiger partial charge is 0.126 e. The van der Waals surface area contributed by atoms with E-state index in [-0.39, 0.29) is 11.9 Å². The molecule has 0 bridgehead atoms. The topological polar surface area (TPSA) is 12.0 Å². The van der Waals surface area contributed by atoms with E-state index in [4.69, 9.17) is 0 Å². The third-order valence-corrected chi connectivity index (χ3v) is 6.06. The number of nitrogens with one attached hydrogen (secondary N) is 1. The van der Waals surface area contributed by atoms with Gasteiger partial charge in [0.25, 0.3) is 0 Å². The molecule has 0 spiro atoms. The molecule has 1 atom stereocenters. The van der Waals surface area contributed by atoms with Crippen LogP contribution in [0.15, 0.2) is 24.3 Å². The summed E-state index contributed by atoms with van der Waals surface area (Å²) in [4.78, 5) is 2.80. The van der Waals surface area contributed by atoms with Crippen LogP contribution in [-0.4, -0.2) is 12.8 Å². The van der Waals surface area contributed by atoms with Crippen molar-refractivity contribution in [3.63, 3.8) is 0 Å². The second kappa shape index (κ2) is 5.88. The standard InChI is InChI=1S/C16H18FNS2/c1-10-3-4-11(7-13(10)17)16(18-2)15-8-12-9-19-6-5-14(12)20-15/h3-4,7-8,16,18H,5-6,9H2,1-2H3. The second-order valence-corrected chi connectivity index (χ2v) is 7.40. The monoisotopic (exact) mass is 307 g/mol. The molecule has 3 rings (SSSR count). The molecular formula is C16H18FNS2. The Morgan fingerprint density at radius 2 is 2.15 bits per heavy atom. The Morgan fingerprint density at radius 1 is 1.30 bits per heavy atom. The van der Waals surface area contributed by atoms with Gasteiger partial charge in [-0.1, -0.05) is 12.1 Å². The fourth-order valence-corrected chi connectivity index (χ4v) is 5.09. The van der Waals surface area contributed by atoms with Crippen molar-refractivity contribution in [1.29, 1.82) is 0 Å². The molecule has 0 amide bonds. The van der Waals surface area contributed by atoms with Gasteiger partial charge in [-0.05, 0) is 55.0 Å². The Morgan fingerprint density at radius 3 is 2.85 bits per heavy atom. The number of thioether (sulfide) groups is 1. The predicted molar refractivity (Wildman–Crippen MR) is 86.2 cm³/mol. The molecule has 0 radical (unpaired) electrons. The van der Waals surface area contributed by atoms with Crippen LogP contribution in [-0.2, 0) is 12.2 Å². The molecule has 1 unspecified atom stereocenters. The number of benzene rings is 1. The fourth-order valence-electron chi connectivity index (χ4n) is 2.57. The lowest BCUT2D eigenvalue weighted by atomic mass is 10.0. The number of hydrogen-bond acceptors (Lipinski definition) is 3. The molecule has 2 heterocycles. The molecule has 0 saturated carbocycles. The summed E-state index contributed by atoms with van der Waals surface area (Å²) in [5.74, 6) is 2.21. The SMILES string of the molecule is CNC(c1ccc(C)c(F)c1)c1cc2c(s1)CCSC2. The molecule has 106 valence electrons. The van der Waals surface area contributed by atoms with Crippen molar-refractivity contribution >= 4 is 23.1 Å². The van der Waals surface area contributed by atoms with E-state index in [1.54, 1.807) is 13.0 Å². The highest BCUT2D eigenvalue weighted by molar-refractivity contribution is 7.98. The molecule has 2 aromatic rings. The fraction of sp³-hybridized carbons (Fsp3) is 0.375. The van der Waals surface area contributed by atoms with Gasteiger partial charge in [-0.2, -0.15) is 11.8 Å². The molecule has 1 aromatic heterocycles. The Hall–Kier alpha value is -0.840. The van der Waals surface area contributed by atoms with Gasteiger partial charge in [0.2, 0.25) is 0 Å². The number of hydrogen-bond donors (Lipinski definition) is 1. The maximum Gasteiger partial charge on any atom is 0.126 e. The van der Waals surface area contributed by atoms with Gasteiger partial charge in [0.05, 0.1) is 6.04 Å². The first kappa shape index (κ1) is 14.1. The summed E-state index contributed by atoms with van der Waals surface area (Å²) >= 11 is 3.87. The van der Waals surface area contributed by atoms with E-state index in [1.807, 2.05) is 42.3 Å². The lowest BCUT2D eigenvalue weighted by Gasteiger charge is -2.15. The Bertz CT molecular complexity index is 597. The van der Waals surface area contributed by atoms with Crippen LogP contribution in [0.3, 0.4) is 0 Å². The first-order valence-corrected chi connectivity index (χ1v) is 8.78. The van der Waals surface area contributed by atoms with Gasteiger partial charge in [0.15, 0.2) is 0 Å². The number of halogens is 1. The minimum Gasteiger partial charge on any atom is -0.309 e. The van der Waals surface area contributed by atoms with E-state index in [9.17, 15) is 4.39 Å². The number of rotatable bonds is 3. The highest BCUT2D eigenvalue weighted by Gasteiger charge is 2.20. The van der Waals surface area contributed by atoms with Crippen molar-refractivity contribution in [3.8, 4) is 0 Å².